The molecule has 0 amide bonds. The van der Waals surface area contributed by atoms with Crippen LogP contribution in [0.15, 0.2) is 0 Å². The van der Waals surface area contributed by atoms with Crippen molar-refractivity contribution >= 4 is 0 Å². The van der Waals surface area contributed by atoms with Crippen molar-refractivity contribution in [3.05, 3.63) is 6.92 Å². The third-order valence-corrected chi connectivity index (χ3v) is 2.89. The lowest BCUT2D eigenvalue weighted by Crippen LogP contribution is -2.41. The summed E-state index contributed by atoms with van der Waals surface area (Å²) in [5.41, 5.74) is 0.281. The predicted molar refractivity (Wildman–Crippen MR) is 60.2 cm³/mol. The molecule has 0 saturated carbocycles. The lowest BCUT2D eigenvalue weighted by molar-refractivity contribution is 0.0594. The molecule has 2 heteroatoms. The van der Waals surface area contributed by atoms with Crippen molar-refractivity contribution in [3.8, 4) is 0 Å². The molecule has 0 aliphatic carbocycles. The van der Waals surface area contributed by atoms with Crippen molar-refractivity contribution in [2.75, 3.05) is 33.4 Å². The molecule has 0 aromatic carbocycles. The molecular formula is C12H24NO. The van der Waals surface area contributed by atoms with Crippen LogP contribution in [-0.4, -0.2) is 38.3 Å². The van der Waals surface area contributed by atoms with Crippen LogP contribution >= 0.6 is 0 Å². The van der Waals surface area contributed by atoms with Crippen LogP contribution in [0.5, 0.6) is 0 Å². The highest BCUT2D eigenvalue weighted by atomic mass is 16.5. The molecule has 1 fully saturated rings. The van der Waals surface area contributed by atoms with Crippen LogP contribution in [0.1, 0.15) is 26.7 Å². The van der Waals surface area contributed by atoms with Crippen molar-refractivity contribution in [1.82, 2.24) is 4.90 Å². The van der Waals surface area contributed by atoms with Crippen LogP contribution in [-0.2, 0) is 4.74 Å². The van der Waals surface area contributed by atoms with Crippen molar-refractivity contribution in [3.63, 3.8) is 0 Å². The molecule has 0 aromatic rings. The maximum Gasteiger partial charge on any atom is 0.0525 e. The van der Waals surface area contributed by atoms with Gasteiger partial charge >= 0.3 is 0 Å². The van der Waals surface area contributed by atoms with E-state index in [0.717, 1.165) is 13.2 Å². The van der Waals surface area contributed by atoms with E-state index in [1.54, 1.807) is 7.11 Å². The molecule has 0 atom stereocenters. The Bertz CT molecular complexity index is 160. The fourth-order valence-electron chi connectivity index (χ4n) is 2.19. The molecule has 1 aliphatic rings. The van der Waals surface area contributed by atoms with Crippen LogP contribution in [0.25, 0.3) is 0 Å². The zero-order valence-corrected chi connectivity index (χ0v) is 9.88. The van der Waals surface area contributed by atoms with Gasteiger partial charge in [0.15, 0.2) is 0 Å². The summed E-state index contributed by atoms with van der Waals surface area (Å²) in [6.45, 7) is 13.1. The Labute approximate surface area is 88.6 Å². The van der Waals surface area contributed by atoms with Gasteiger partial charge in [0.05, 0.1) is 6.61 Å². The molecule has 83 valence electrons. The number of rotatable bonds is 4. The summed E-state index contributed by atoms with van der Waals surface area (Å²) in [4.78, 5) is 2.54. The van der Waals surface area contributed by atoms with E-state index in [-0.39, 0.29) is 5.41 Å². The Balaban J connectivity index is 2.29. The monoisotopic (exact) mass is 198 g/mol. The fraction of sp³-hybridized carbons (Fsp3) is 0.917. The third-order valence-electron chi connectivity index (χ3n) is 2.89. The van der Waals surface area contributed by atoms with E-state index in [1.165, 1.54) is 25.9 Å². The summed E-state index contributed by atoms with van der Waals surface area (Å²) in [5, 5.41) is 0. The molecule has 1 saturated heterocycles. The van der Waals surface area contributed by atoms with Gasteiger partial charge in [0.2, 0.25) is 0 Å². The number of likely N-dealkylation sites (tertiary alicyclic amines) is 1. The summed E-state index contributed by atoms with van der Waals surface area (Å²) in [6.07, 6.45) is 2.51. The number of hydrogen-bond donors (Lipinski definition) is 0. The van der Waals surface area contributed by atoms with Crippen molar-refractivity contribution in [2.45, 2.75) is 26.7 Å². The SMILES string of the molecule is [CH2]C1CCN(CC(C)(C)COC)CC1. The maximum atomic E-state index is 5.23. The minimum atomic E-state index is 0.281. The van der Waals surface area contributed by atoms with E-state index in [2.05, 4.69) is 25.7 Å². The van der Waals surface area contributed by atoms with Crippen molar-refractivity contribution < 1.29 is 4.74 Å². The number of piperidine rings is 1. The van der Waals surface area contributed by atoms with Gasteiger partial charge in [0.1, 0.15) is 0 Å². The smallest absolute Gasteiger partial charge is 0.0525 e. The highest BCUT2D eigenvalue weighted by Gasteiger charge is 2.24. The first-order valence-electron chi connectivity index (χ1n) is 5.58. The van der Waals surface area contributed by atoms with Gasteiger partial charge in [-0.1, -0.05) is 20.8 Å². The Hall–Kier alpha value is -0.0800. The zero-order valence-electron chi connectivity index (χ0n) is 9.88. The van der Waals surface area contributed by atoms with E-state index < -0.39 is 0 Å². The first kappa shape index (κ1) is 12.0. The van der Waals surface area contributed by atoms with E-state index in [9.17, 15) is 0 Å². The van der Waals surface area contributed by atoms with Gasteiger partial charge in [-0.25, -0.2) is 0 Å². The standard InChI is InChI=1S/C12H24NO/c1-11-5-7-13(8-6-11)9-12(2,3)10-14-4/h11H,1,5-10H2,2-4H3. The summed E-state index contributed by atoms with van der Waals surface area (Å²) in [7, 11) is 1.78. The van der Waals surface area contributed by atoms with Crippen LogP contribution in [0, 0.1) is 18.3 Å². The van der Waals surface area contributed by atoms with Crippen molar-refractivity contribution in [2.24, 2.45) is 11.3 Å². The second-order valence-corrected chi connectivity index (χ2v) is 5.32. The molecule has 0 N–H and O–H groups in total. The summed E-state index contributed by atoms with van der Waals surface area (Å²) < 4.78 is 5.23. The van der Waals surface area contributed by atoms with Gasteiger partial charge in [0, 0.05) is 19.1 Å². The van der Waals surface area contributed by atoms with Crippen molar-refractivity contribution in [1.29, 1.82) is 0 Å². The molecule has 0 spiro atoms. The van der Waals surface area contributed by atoms with E-state index >= 15 is 0 Å². The summed E-state index contributed by atoms with van der Waals surface area (Å²) in [6, 6.07) is 0. The Morgan fingerprint density at radius 2 is 1.93 bits per heavy atom. The average molecular weight is 198 g/mol. The molecule has 0 bridgehead atoms. The van der Waals surface area contributed by atoms with Gasteiger partial charge < -0.3 is 9.64 Å². The van der Waals surface area contributed by atoms with Gasteiger partial charge in [-0.2, -0.15) is 0 Å². The van der Waals surface area contributed by atoms with E-state index in [1.807, 2.05) is 0 Å². The third kappa shape index (κ3) is 3.97. The average Bonchev–Trinajstić information content (AvgIpc) is 2.08. The molecule has 1 rings (SSSR count). The normalized spacial score (nSPS) is 21.4. The molecule has 1 aliphatic heterocycles. The molecule has 1 radical (unpaired) electrons. The Morgan fingerprint density at radius 3 is 2.43 bits per heavy atom. The number of nitrogens with zero attached hydrogens (tertiary/aromatic N) is 1. The quantitative estimate of drug-likeness (QED) is 0.686. The molecule has 0 unspecified atom stereocenters. The highest BCUT2D eigenvalue weighted by molar-refractivity contribution is 4.79. The van der Waals surface area contributed by atoms with Crippen LogP contribution < -0.4 is 0 Å². The number of methoxy groups -OCH3 is 1. The van der Waals surface area contributed by atoms with Gasteiger partial charge in [-0.05, 0) is 31.8 Å². The molecule has 0 aromatic heterocycles. The number of hydrogen-bond acceptors (Lipinski definition) is 2. The topological polar surface area (TPSA) is 12.5 Å². The zero-order chi connectivity index (χ0) is 10.6. The fourth-order valence-corrected chi connectivity index (χ4v) is 2.19. The van der Waals surface area contributed by atoms with E-state index in [4.69, 9.17) is 4.74 Å². The lowest BCUT2D eigenvalue weighted by atomic mass is 9.91. The highest BCUT2D eigenvalue weighted by Crippen LogP contribution is 2.22. The largest absolute Gasteiger partial charge is 0.384 e. The molecular weight excluding hydrogens is 174 g/mol. The van der Waals surface area contributed by atoms with Crippen LogP contribution in [0.3, 0.4) is 0 Å². The Morgan fingerprint density at radius 1 is 1.36 bits per heavy atom. The first-order chi connectivity index (χ1) is 6.53. The van der Waals surface area contributed by atoms with Gasteiger partial charge in [-0.3, -0.25) is 0 Å². The number of ether oxygens (including phenoxy) is 1. The van der Waals surface area contributed by atoms with Crippen LogP contribution in [0.2, 0.25) is 0 Å². The van der Waals surface area contributed by atoms with Gasteiger partial charge in [0.25, 0.3) is 0 Å². The second-order valence-electron chi connectivity index (χ2n) is 5.32. The van der Waals surface area contributed by atoms with Crippen LogP contribution in [0.4, 0.5) is 0 Å². The van der Waals surface area contributed by atoms with Gasteiger partial charge in [-0.15, -0.1) is 0 Å². The molecule has 14 heavy (non-hydrogen) atoms. The first-order valence-corrected chi connectivity index (χ1v) is 5.58. The summed E-state index contributed by atoms with van der Waals surface area (Å²) in [5.74, 6) is 0.678. The second kappa shape index (κ2) is 5.13. The maximum absolute atomic E-state index is 5.23. The predicted octanol–water partition coefficient (Wildman–Crippen LogP) is 2.21. The Kier molecular flexibility index (Phi) is 4.39. The lowest BCUT2D eigenvalue weighted by Gasteiger charge is -2.36. The summed E-state index contributed by atoms with van der Waals surface area (Å²) >= 11 is 0. The minimum Gasteiger partial charge on any atom is -0.384 e. The molecule has 2 nitrogen and oxygen atoms in total. The van der Waals surface area contributed by atoms with E-state index in [0.29, 0.717) is 5.92 Å². The minimum absolute atomic E-state index is 0.281. The molecule has 1 heterocycles.